The molecule has 1 N–H and O–H groups in total. The maximum absolute atomic E-state index is 6.09. The first kappa shape index (κ1) is 16.2. The highest BCUT2D eigenvalue weighted by molar-refractivity contribution is 4.91. The van der Waals surface area contributed by atoms with E-state index in [1.165, 1.54) is 6.42 Å². The van der Waals surface area contributed by atoms with Crippen LogP contribution in [0, 0.1) is 0 Å². The molecule has 2 aliphatic heterocycles. The van der Waals surface area contributed by atoms with Crippen molar-refractivity contribution in [3.63, 3.8) is 0 Å². The Morgan fingerprint density at radius 1 is 1.30 bits per heavy atom. The van der Waals surface area contributed by atoms with E-state index in [4.69, 9.17) is 9.47 Å². The Hall–Kier alpha value is -0.160. The summed E-state index contributed by atoms with van der Waals surface area (Å²) in [6, 6.07) is 1.29. The summed E-state index contributed by atoms with van der Waals surface area (Å²) in [5, 5.41) is 3.74. The molecule has 1 spiro atoms. The Morgan fingerprint density at radius 2 is 2.05 bits per heavy atom. The fourth-order valence-corrected chi connectivity index (χ4v) is 3.27. The molecule has 0 amide bonds. The lowest BCUT2D eigenvalue weighted by molar-refractivity contribution is -0.140. The molecule has 0 aromatic rings. The predicted octanol–water partition coefficient (Wildman–Crippen LogP) is 2.03. The monoisotopic (exact) mass is 284 g/mol. The van der Waals surface area contributed by atoms with E-state index in [-0.39, 0.29) is 5.60 Å². The Morgan fingerprint density at radius 3 is 2.75 bits per heavy atom. The number of nitrogens with zero attached hydrogens (tertiary/aromatic N) is 1. The van der Waals surface area contributed by atoms with Crippen molar-refractivity contribution in [3.8, 4) is 0 Å². The lowest BCUT2D eigenvalue weighted by Gasteiger charge is -2.43. The minimum Gasteiger partial charge on any atom is -0.381 e. The van der Waals surface area contributed by atoms with Gasteiger partial charge in [0.05, 0.1) is 5.60 Å². The third-order valence-electron chi connectivity index (χ3n) is 5.14. The number of rotatable bonds is 6. The third-order valence-corrected chi connectivity index (χ3v) is 5.14. The molecule has 118 valence electrons. The first-order valence-corrected chi connectivity index (χ1v) is 8.30. The molecule has 2 fully saturated rings. The zero-order valence-corrected chi connectivity index (χ0v) is 13.5. The quantitative estimate of drug-likeness (QED) is 0.809. The molecular weight excluding hydrogens is 252 g/mol. The predicted molar refractivity (Wildman–Crippen MR) is 82.1 cm³/mol. The van der Waals surface area contributed by atoms with Gasteiger partial charge in [-0.2, -0.15) is 0 Å². The second kappa shape index (κ2) is 7.74. The van der Waals surface area contributed by atoms with Crippen LogP contribution < -0.4 is 5.32 Å². The number of likely N-dealkylation sites (N-methyl/N-ethyl adjacent to an activating group) is 1. The van der Waals surface area contributed by atoms with Crippen molar-refractivity contribution in [3.05, 3.63) is 0 Å². The van der Waals surface area contributed by atoms with Crippen LogP contribution in [0.15, 0.2) is 0 Å². The van der Waals surface area contributed by atoms with E-state index >= 15 is 0 Å². The molecular formula is C16H32N2O2. The lowest BCUT2D eigenvalue weighted by Crippen LogP contribution is -2.50. The zero-order chi connectivity index (χ0) is 14.4. The normalized spacial score (nSPS) is 27.9. The van der Waals surface area contributed by atoms with Crippen LogP contribution in [-0.4, -0.2) is 62.5 Å². The van der Waals surface area contributed by atoms with Crippen LogP contribution in [0.5, 0.6) is 0 Å². The summed E-state index contributed by atoms with van der Waals surface area (Å²) >= 11 is 0. The van der Waals surface area contributed by atoms with Crippen molar-refractivity contribution in [2.24, 2.45) is 0 Å². The molecule has 2 heterocycles. The van der Waals surface area contributed by atoms with Gasteiger partial charge in [-0.15, -0.1) is 0 Å². The van der Waals surface area contributed by atoms with Crippen LogP contribution in [-0.2, 0) is 9.47 Å². The smallest absolute Gasteiger partial charge is 0.0741 e. The van der Waals surface area contributed by atoms with E-state index in [1.807, 2.05) is 0 Å². The molecule has 2 saturated heterocycles. The molecule has 2 aliphatic rings. The summed E-state index contributed by atoms with van der Waals surface area (Å²) in [5.74, 6) is 0. The lowest BCUT2D eigenvalue weighted by atomic mass is 9.84. The van der Waals surface area contributed by atoms with Gasteiger partial charge < -0.3 is 19.7 Å². The van der Waals surface area contributed by atoms with Crippen LogP contribution in [0.2, 0.25) is 0 Å². The first-order valence-electron chi connectivity index (χ1n) is 8.30. The van der Waals surface area contributed by atoms with Gasteiger partial charge in [0.15, 0.2) is 0 Å². The minimum atomic E-state index is 0.108. The van der Waals surface area contributed by atoms with Crippen molar-refractivity contribution in [2.75, 3.05) is 40.0 Å². The molecule has 0 bridgehead atoms. The van der Waals surface area contributed by atoms with Crippen molar-refractivity contribution < 1.29 is 9.47 Å². The van der Waals surface area contributed by atoms with E-state index < -0.39 is 0 Å². The van der Waals surface area contributed by atoms with Crippen LogP contribution in [0.1, 0.15) is 46.0 Å². The average molecular weight is 284 g/mol. The van der Waals surface area contributed by atoms with Gasteiger partial charge in [0, 0.05) is 45.0 Å². The molecule has 4 nitrogen and oxygen atoms in total. The van der Waals surface area contributed by atoms with E-state index in [0.717, 1.165) is 58.6 Å². The second-order valence-corrected chi connectivity index (χ2v) is 6.53. The maximum atomic E-state index is 6.09. The topological polar surface area (TPSA) is 33.7 Å². The highest BCUT2D eigenvalue weighted by atomic mass is 16.5. The first-order chi connectivity index (χ1) is 9.65. The summed E-state index contributed by atoms with van der Waals surface area (Å²) in [4.78, 5) is 2.44. The van der Waals surface area contributed by atoms with Crippen molar-refractivity contribution >= 4 is 0 Å². The highest BCUT2D eigenvalue weighted by Crippen LogP contribution is 2.34. The fourth-order valence-electron chi connectivity index (χ4n) is 3.27. The van der Waals surface area contributed by atoms with Crippen molar-refractivity contribution in [2.45, 2.75) is 63.6 Å². The molecule has 2 rings (SSSR count). The van der Waals surface area contributed by atoms with Gasteiger partial charge in [-0.3, -0.25) is 0 Å². The van der Waals surface area contributed by atoms with Gasteiger partial charge in [0.1, 0.15) is 0 Å². The molecule has 0 aromatic carbocycles. The number of nitrogens with one attached hydrogen (secondary N) is 1. The summed E-state index contributed by atoms with van der Waals surface area (Å²) in [6.07, 6.45) is 5.66. The fraction of sp³-hybridized carbons (Fsp3) is 1.00. The van der Waals surface area contributed by atoms with Crippen LogP contribution >= 0.6 is 0 Å². The van der Waals surface area contributed by atoms with E-state index in [2.05, 4.69) is 31.1 Å². The van der Waals surface area contributed by atoms with Gasteiger partial charge >= 0.3 is 0 Å². The molecule has 0 aliphatic carbocycles. The zero-order valence-electron chi connectivity index (χ0n) is 13.5. The molecule has 0 saturated carbocycles. The number of hydrogen-bond acceptors (Lipinski definition) is 4. The SMILES string of the molecule is CCC(C)N(C)CCNC1CCOC2(CCOCC2)C1. The van der Waals surface area contributed by atoms with Crippen LogP contribution in [0.4, 0.5) is 0 Å². The maximum Gasteiger partial charge on any atom is 0.0741 e. The molecule has 20 heavy (non-hydrogen) atoms. The second-order valence-electron chi connectivity index (χ2n) is 6.53. The summed E-state index contributed by atoms with van der Waals surface area (Å²) < 4.78 is 11.6. The van der Waals surface area contributed by atoms with E-state index in [0.29, 0.717) is 12.1 Å². The summed E-state index contributed by atoms with van der Waals surface area (Å²) in [5.41, 5.74) is 0.108. The Labute approximate surface area is 124 Å². The number of hydrogen-bond donors (Lipinski definition) is 1. The molecule has 2 atom stereocenters. The minimum absolute atomic E-state index is 0.108. The molecule has 2 unspecified atom stereocenters. The van der Waals surface area contributed by atoms with Gasteiger partial charge in [-0.05, 0) is 46.1 Å². The van der Waals surface area contributed by atoms with Gasteiger partial charge in [-0.1, -0.05) is 6.92 Å². The molecule has 0 aromatic heterocycles. The van der Waals surface area contributed by atoms with Crippen LogP contribution in [0.3, 0.4) is 0 Å². The largest absolute Gasteiger partial charge is 0.381 e. The standard InChI is InChI=1S/C16H32N2O2/c1-4-14(2)18(3)9-8-17-15-5-10-20-16(13-15)6-11-19-12-7-16/h14-15,17H,4-13H2,1-3H3. The Balaban J connectivity index is 1.70. The van der Waals surface area contributed by atoms with Crippen molar-refractivity contribution in [1.29, 1.82) is 0 Å². The van der Waals surface area contributed by atoms with Gasteiger partial charge in [0.2, 0.25) is 0 Å². The Bertz CT molecular complexity index is 274. The van der Waals surface area contributed by atoms with Gasteiger partial charge in [0.25, 0.3) is 0 Å². The van der Waals surface area contributed by atoms with Gasteiger partial charge in [-0.25, -0.2) is 0 Å². The van der Waals surface area contributed by atoms with E-state index in [1.54, 1.807) is 0 Å². The third kappa shape index (κ3) is 4.42. The Kier molecular flexibility index (Phi) is 6.27. The van der Waals surface area contributed by atoms with E-state index in [9.17, 15) is 0 Å². The number of ether oxygens (including phenoxy) is 2. The highest BCUT2D eigenvalue weighted by Gasteiger charge is 2.38. The molecule has 4 heteroatoms. The summed E-state index contributed by atoms with van der Waals surface area (Å²) in [7, 11) is 2.22. The molecule has 0 radical (unpaired) electrons. The average Bonchev–Trinajstić information content (AvgIpc) is 2.47. The summed E-state index contributed by atoms with van der Waals surface area (Å²) in [6.45, 7) is 9.39. The van der Waals surface area contributed by atoms with Crippen LogP contribution in [0.25, 0.3) is 0 Å². The van der Waals surface area contributed by atoms with Crippen molar-refractivity contribution in [1.82, 2.24) is 10.2 Å².